The molecule has 1 N–H and O–H groups in total. The Morgan fingerprint density at radius 2 is 1.90 bits per heavy atom. The van der Waals surface area contributed by atoms with Gasteiger partial charge in [-0.25, -0.2) is 0 Å². The predicted octanol–water partition coefficient (Wildman–Crippen LogP) is 2.07. The minimum atomic E-state index is 0.0355. The molecule has 2 amide bonds. The van der Waals surface area contributed by atoms with E-state index in [0.717, 1.165) is 24.3 Å². The van der Waals surface area contributed by atoms with E-state index < -0.39 is 0 Å². The monoisotopic (exact) mass is 307 g/mol. The van der Waals surface area contributed by atoms with Gasteiger partial charge in [-0.3, -0.25) is 9.59 Å². The molecule has 1 fully saturated rings. The second-order valence-corrected chi connectivity index (χ2v) is 5.86. The number of nitrogens with one attached hydrogen (secondary N) is 1. The van der Waals surface area contributed by atoms with Gasteiger partial charge in [0.2, 0.25) is 6.41 Å². The first-order chi connectivity index (χ1) is 10.2. The van der Waals surface area contributed by atoms with E-state index in [2.05, 4.69) is 11.6 Å². The van der Waals surface area contributed by atoms with Gasteiger partial charge in [0.1, 0.15) is 0 Å². The third kappa shape index (κ3) is 4.39. The smallest absolute Gasteiger partial charge is 0.253 e. The van der Waals surface area contributed by atoms with E-state index in [1.807, 2.05) is 24.3 Å². The first-order valence-corrected chi connectivity index (χ1v) is 8.19. The molecule has 0 unspecified atom stereocenters. The van der Waals surface area contributed by atoms with Crippen LogP contribution in [0.25, 0.3) is 0 Å². The number of anilines is 1. The highest BCUT2D eigenvalue weighted by Crippen LogP contribution is 2.16. The van der Waals surface area contributed by atoms with Crippen molar-refractivity contribution in [3.63, 3.8) is 0 Å². The van der Waals surface area contributed by atoms with Gasteiger partial charge in [-0.05, 0) is 30.7 Å². The number of rotatable bonds is 6. The molecule has 2 rings (SSSR count). The van der Waals surface area contributed by atoms with Gasteiger partial charge in [-0.2, -0.15) is 0 Å². The largest absolute Gasteiger partial charge is 0.342 e. The molecule has 1 heterocycles. The fourth-order valence-electron chi connectivity index (χ4n) is 2.13. The van der Waals surface area contributed by atoms with Crippen molar-refractivity contribution in [2.75, 3.05) is 36.7 Å². The first-order valence-electron chi connectivity index (χ1n) is 7.21. The molecule has 1 aromatic rings. The minimum Gasteiger partial charge on any atom is -0.342 e. The lowest BCUT2D eigenvalue weighted by atomic mass is 10.1. The van der Waals surface area contributed by atoms with E-state index in [1.54, 1.807) is 21.7 Å². The molecule has 0 saturated carbocycles. The molecule has 21 heavy (non-hydrogen) atoms. The maximum absolute atomic E-state index is 12.4. The Morgan fingerprint density at radius 1 is 1.24 bits per heavy atom. The molecule has 6 heteroatoms. The normalized spacial score (nSPS) is 14.9. The molecule has 1 aromatic carbocycles. The van der Waals surface area contributed by atoms with Gasteiger partial charge in [0, 0.05) is 43.2 Å². The topological polar surface area (TPSA) is 52.7 Å². The summed E-state index contributed by atoms with van der Waals surface area (Å²) in [5.41, 5.74) is 1.70. The molecule has 0 radical (unpaired) electrons. The average Bonchev–Trinajstić information content (AvgIpc) is 2.55. The van der Waals surface area contributed by atoms with Crippen molar-refractivity contribution in [2.24, 2.45) is 0 Å². The van der Waals surface area contributed by atoms with Crippen LogP contribution in [0.4, 0.5) is 5.69 Å². The molecule has 5 nitrogen and oxygen atoms in total. The molecule has 1 aliphatic heterocycles. The molecule has 0 spiro atoms. The maximum Gasteiger partial charge on any atom is 0.253 e. The fraction of sp³-hybridized carbons (Fsp3) is 0.467. The number of nitrogens with zero attached hydrogens (tertiary/aromatic N) is 2. The summed E-state index contributed by atoms with van der Waals surface area (Å²) in [7, 11) is 0. The van der Waals surface area contributed by atoms with E-state index >= 15 is 0 Å². The lowest BCUT2D eigenvalue weighted by molar-refractivity contribution is -0.119. The Morgan fingerprint density at radius 3 is 2.48 bits per heavy atom. The third-order valence-corrected chi connectivity index (χ3v) is 4.37. The lowest BCUT2D eigenvalue weighted by Gasteiger charge is -2.32. The summed E-state index contributed by atoms with van der Waals surface area (Å²) < 4.78 is 3.25. The molecule has 0 aromatic heterocycles. The molecule has 0 bridgehead atoms. The summed E-state index contributed by atoms with van der Waals surface area (Å²) in [5, 5.41) is 0. The number of hydrogen-bond donors (Lipinski definition) is 1. The molecule has 1 aliphatic rings. The summed E-state index contributed by atoms with van der Waals surface area (Å²) >= 11 is 1.67. The van der Waals surface area contributed by atoms with Crippen LogP contribution in [0.5, 0.6) is 0 Å². The van der Waals surface area contributed by atoms with Gasteiger partial charge in [-0.1, -0.05) is 18.9 Å². The number of benzene rings is 1. The summed E-state index contributed by atoms with van der Waals surface area (Å²) in [4.78, 5) is 26.5. The Labute approximate surface area is 129 Å². The van der Waals surface area contributed by atoms with Crippen LogP contribution in [0.2, 0.25) is 0 Å². The highest BCUT2D eigenvalue weighted by molar-refractivity contribution is 8.00. The van der Waals surface area contributed by atoms with E-state index in [0.29, 0.717) is 31.7 Å². The van der Waals surface area contributed by atoms with Gasteiger partial charge >= 0.3 is 0 Å². The number of hydrogen-bond acceptors (Lipinski definition) is 4. The Kier molecular flexibility index (Phi) is 5.92. The van der Waals surface area contributed by atoms with Gasteiger partial charge in [0.05, 0.1) is 0 Å². The van der Waals surface area contributed by atoms with Crippen molar-refractivity contribution in [1.29, 1.82) is 0 Å². The van der Waals surface area contributed by atoms with Crippen LogP contribution >= 0.6 is 11.9 Å². The van der Waals surface area contributed by atoms with Crippen molar-refractivity contribution in [3.8, 4) is 0 Å². The predicted molar refractivity (Wildman–Crippen MR) is 86.4 cm³/mol. The van der Waals surface area contributed by atoms with Crippen LogP contribution in [0.3, 0.4) is 0 Å². The summed E-state index contributed by atoms with van der Waals surface area (Å²) in [5.74, 6) is 1.09. The van der Waals surface area contributed by atoms with Crippen LogP contribution in [-0.2, 0) is 4.79 Å². The van der Waals surface area contributed by atoms with Gasteiger partial charge in [-0.15, -0.1) is 0 Å². The average molecular weight is 307 g/mol. The fourth-order valence-corrected chi connectivity index (χ4v) is 2.74. The van der Waals surface area contributed by atoms with Crippen LogP contribution < -0.4 is 4.72 Å². The SMILES string of the molecule is CCCSNc1ccc(C(=O)N2CCN(C=O)CC2)cc1. The van der Waals surface area contributed by atoms with Gasteiger partial charge < -0.3 is 14.5 Å². The maximum atomic E-state index is 12.4. The van der Waals surface area contributed by atoms with E-state index in [4.69, 9.17) is 0 Å². The Balaban J connectivity index is 1.89. The molecule has 0 aliphatic carbocycles. The van der Waals surface area contributed by atoms with Crippen molar-refractivity contribution >= 4 is 30.0 Å². The highest BCUT2D eigenvalue weighted by atomic mass is 32.2. The number of carbonyl (C=O) groups excluding carboxylic acids is 2. The number of piperazine rings is 1. The van der Waals surface area contributed by atoms with Crippen molar-refractivity contribution in [1.82, 2.24) is 9.80 Å². The van der Waals surface area contributed by atoms with Crippen molar-refractivity contribution in [2.45, 2.75) is 13.3 Å². The Bertz CT molecular complexity index is 470. The summed E-state index contributed by atoms with van der Waals surface area (Å²) in [6.45, 7) is 4.57. The molecule has 1 saturated heterocycles. The van der Waals surface area contributed by atoms with Gasteiger partial charge in [0.15, 0.2) is 0 Å². The number of carbonyl (C=O) groups is 2. The van der Waals surface area contributed by atoms with E-state index in [9.17, 15) is 9.59 Å². The van der Waals surface area contributed by atoms with Crippen molar-refractivity contribution in [3.05, 3.63) is 29.8 Å². The van der Waals surface area contributed by atoms with Crippen LogP contribution in [-0.4, -0.2) is 54.0 Å². The molecular formula is C15H21N3O2S. The number of amides is 2. The summed E-state index contributed by atoms with van der Waals surface area (Å²) in [6, 6.07) is 7.56. The zero-order chi connectivity index (χ0) is 15.1. The summed E-state index contributed by atoms with van der Waals surface area (Å²) in [6.07, 6.45) is 1.97. The van der Waals surface area contributed by atoms with Crippen LogP contribution in [0.15, 0.2) is 24.3 Å². The lowest BCUT2D eigenvalue weighted by Crippen LogP contribution is -2.48. The van der Waals surface area contributed by atoms with E-state index in [-0.39, 0.29) is 5.91 Å². The second-order valence-electron chi connectivity index (χ2n) is 4.96. The van der Waals surface area contributed by atoms with Crippen LogP contribution in [0.1, 0.15) is 23.7 Å². The molecule has 0 atom stereocenters. The Hall–Kier alpha value is -1.69. The zero-order valence-electron chi connectivity index (χ0n) is 12.2. The van der Waals surface area contributed by atoms with Gasteiger partial charge in [0.25, 0.3) is 5.91 Å². The van der Waals surface area contributed by atoms with Crippen LogP contribution in [0, 0.1) is 0 Å². The minimum absolute atomic E-state index is 0.0355. The van der Waals surface area contributed by atoms with Crippen molar-refractivity contribution < 1.29 is 9.59 Å². The zero-order valence-corrected chi connectivity index (χ0v) is 13.1. The quantitative estimate of drug-likeness (QED) is 0.497. The second kappa shape index (κ2) is 7.93. The van der Waals surface area contributed by atoms with E-state index in [1.165, 1.54) is 0 Å². The molecular weight excluding hydrogens is 286 g/mol. The standard InChI is InChI=1S/C15H21N3O2S/c1-2-11-21-16-14-5-3-13(4-6-14)15(20)18-9-7-17(12-19)8-10-18/h3-6,12,16H,2,7-11H2,1H3. The third-order valence-electron chi connectivity index (χ3n) is 3.38. The first kappa shape index (κ1) is 15.7. The highest BCUT2D eigenvalue weighted by Gasteiger charge is 2.21. The molecule has 114 valence electrons.